The normalized spacial score (nSPS) is 17.9. The first-order valence-electron chi connectivity index (χ1n) is 8.68. The van der Waals surface area contributed by atoms with Crippen LogP contribution in [0.15, 0.2) is 6.20 Å². The fourth-order valence-electron chi connectivity index (χ4n) is 3.00. The summed E-state index contributed by atoms with van der Waals surface area (Å²) in [5.41, 5.74) is -0.983. The van der Waals surface area contributed by atoms with Crippen molar-refractivity contribution in [3.63, 3.8) is 0 Å². The Morgan fingerprint density at radius 2 is 1.97 bits per heavy atom. The molecule has 0 aromatic carbocycles. The van der Waals surface area contributed by atoms with Crippen molar-refractivity contribution >= 4 is 46.0 Å². The molecule has 2 aromatic rings. The number of carbonyl (C=O) groups excluding carboxylic acids is 1. The lowest BCUT2D eigenvalue weighted by Gasteiger charge is -2.41. The van der Waals surface area contributed by atoms with E-state index in [4.69, 9.17) is 27.9 Å². The molecule has 12 heteroatoms. The maximum atomic E-state index is 14.3. The highest BCUT2D eigenvalue weighted by Crippen LogP contribution is 2.31. The van der Waals surface area contributed by atoms with E-state index in [1.807, 2.05) is 0 Å². The minimum absolute atomic E-state index is 0.0451. The first-order valence-corrected chi connectivity index (χ1v) is 9.43. The van der Waals surface area contributed by atoms with Crippen molar-refractivity contribution in [2.45, 2.75) is 38.8 Å². The van der Waals surface area contributed by atoms with Gasteiger partial charge in [-0.15, -0.1) is 0 Å². The molecule has 7 nitrogen and oxygen atoms in total. The maximum Gasteiger partial charge on any atom is 0.410 e. The second kappa shape index (κ2) is 7.98. The molecule has 158 valence electrons. The summed E-state index contributed by atoms with van der Waals surface area (Å²) in [6.07, 6.45) is -2.41. The van der Waals surface area contributed by atoms with E-state index in [1.165, 1.54) is 11.1 Å². The first kappa shape index (κ1) is 21.6. The first-order chi connectivity index (χ1) is 13.5. The van der Waals surface area contributed by atoms with Crippen LogP contribution in [-0.4, -0.2) is 63.6 Å². The van der Waals surface area contributed by atoms with Gasteiger partial charge in [0.2, 0.25) is 5.28 Å². The van der Waals surface area contributed by atoms with E-state index in [-0.39, 0.29) is 41.6 Å². The molecule has 1 atom stereocenters. The summed E-state index contributed by atoms with van der Waals surface area (Å²) in [4.78, 5) is 26.5. The molecule has 0 N–H and O–H groups in total. The smallest absolute Gasteiger partial charge is 0.410 e. The molecular formula is C17H18Cl2F3N5O2. The fraction of sp³-hybridized carbons (Fsp3) is 0.529. The van der Waals surface area contributed by atoms with Crippen LogP contribution in [0.2, 0.25) is 10.4 Å². The summed E-state index contributed by atoms with van der Waals surface area (Å²) in [6.45, 7) is 4.80. The zero-order chi connectivity index (χ0) is 21.5. The predicted molar refractivity (Wildman–Crippen MR) is 102 cm³/mol. The summed E-state index contributed by atoms with van der Waals surface area (Å²) < 4.78 is 47.0. The maximum absolute atomic E-state index is 14.3. The molecule has 1 unspecified atom stereocenters. The van der Waals surface area contributed by atoms with Gasteiger partial charge in [-0.25, -0.2) is 27.9 Å². The third-order valence-corrected chi connectivity index (χ3v) is 4.66. The van der Waals surface area contributed by atoms with Gasteiger partial charge in [0.25, 0.3) is 6.43 Å². The molecule has 0 saturated carbocycles. The van der Waals surface area contributed by atoms with Crippen molar-refractivity contribution in [1.29, 1.82) is 0 Å². The Balaban J connectivity index is 1.95. The van der Waals surface area contributed by atoms with Crippen LogP contribution < -0.4 is 4.90 Å². The van der Waals surface area contributed by atoms with Crippen molar-refractivity contribution in [2.24, 2.45) is 0 Å². The van der Waals surface area contributed by atoms with Crippen LogP contribution >= 0.6 is 23.2 Å². The number of piperazine rings is 1. The lowest BCUT2D eigenvalue weighted by molar-refractivity contribution is -0.0179. The number of halogens is 5. The summed E-state index contributed by atoms with van der Waals surface area (Å²) in [5, 5.41) is -0.481. The molecule has 1 fully saturated rings. The van der Waals surface area contributed by atoms with Gasteiger partial charge in [0.05, 0.1) is 5.39 Å². The fourth-order valence-corrected chi connectivity index (χ4v) is 3.30. The number of alkyl halides is 2. The van der Waals surface area contributed by atoms with Gasteiger partial charge in [0.1, 0.15) is 23.0 Å². The SMILES string of the molecule is CC(C)(C)OC(=O)N1CCN(c2nc(Cl)nc3c(F)c(Cl)ncc23)CC1C(F)F. The van der Waals surface area contributed by atoms with Gasteiger partial charge in [-0.3, -0.25) is 4.90 Å². The third kappa shape index (κ3) is 4.58. The average Bonchev–Trinajstić information content (AvgIpc) is 2.62. The van der Waals surface area contributed by atoms with Crippen molar-refractivity contribution < 1.29 is 22.7 Å². The summed E-state index contributed by atoms with van der Waals surface area (Å²) >= 11 is 11.6. The average molecular weight is 452 g/mol. The summed E-state index contributed by atoms with van der Waals surface area (Å²) in [6, 6.07) is -1.45. The van der Waals surface area contributed by atoms with Gasteiger partial charge < -0.3 is 9.64 Å². The van der Waals surface area contributed by atoms with E-state index >= 15 is 0 Å². The minimum Gasteiger partial charge on any atom is -0.444 e. The molecule has 0 radical (unpaired) electrons. The highest BCUT2D eigenvalue weighted by atomic mass is 35.5. The molecule has 1 aliphatic heterocycles. The molecule has 3 rings (SSSR count). The second-order valence-corrected chi connectivity index (χ2v) is 8.16. The van der Waals surface area contributed by atoms with Gasteiger partial charge in [-0.1, -0.05) is 11.6 Å². The van der Waals surface area contributed by atoms with Crippen molar-refractivity contribution in [1.82, 2.24) is 19.9 Å². The predicted octanol–water partition coefficient (Wildman–Crippen LogP) is 4.16. The van der Waals surface area contributed by atoms with Crippen molar-refractivity contribution in [3.05, 3.63) is 22.5 Å². The van der Waals surface area contributed by atoms with E-state index in [2.05, 4.69) is 15.0 Å². The van der Waals surface area contributed by atoms with Crippen molar-refractivity contribution in [2.75, 3.05) is 24.5 Å². The number of hydrogen-bond donors (Lipinski definition) is 0. The number of aromatic nitrogens is 3. The van der Waals surface area contributed by atoms with Crippen LogP contribution in [0.5, 0.6) is 0 Å². The molecule has 29 heavy (non-hydrogen) atoms. The Morgan fingerprint density at radius 3 is 2.59 bits per heavy atom. The molecule has 3 heterocycles. The number of hydrogen-bond acceptors (Lipinski definition) is 6. The molecule has 0 bridgehead atoms. The zero-order valence-electron chi connectivity index (χ0n) is 15.8. The number of fused-ring (bicyclic) bond motifs is 1. The number of nitrogens with zero attached hydrogens (tertiary/aromatic N) is 5. The van der Waals surface area contributed by atoms with Crippen LogP contribution in [0, 0.1) is 5.82 Å². The Kier molecular flexibility index (Phi) is 5.96. The van der Waals surface area contributed by atoms with Gasteiger partial charge >= 0.3 is 6.09 Å². The third-order valence-electron chi connectivity index (χ3n) is 4.23. The molecule has 0 aliphatic carbocycles. The van der Waals surface area contributed by atoms with E-state index in [1.54, 1.807) is 20.8 Å². The number of carbonyl (C=O) groups is 1. The summed E-state index contributed by atoms with van der Waals surface area (Å²) in [5.74, 6) is -0.745. The lowest BCUT2D eigenvalue weighted by atomic mass is 10.1. The molecule has 0 spiro atoms. The highest BCUT2D eigenvalue weighted by molar-refractivity contribution is 6.30. The molecule has 2 aromatic heterocycles. The van der Waals surface area contributed by atoms with Gasteiger partial charge in [-0.05, 0) is 32.4 Å². The standard InChI is InChI=1S/C17H18Cl2F3N5O2/c1-17(2,3)29-16(28)27-5-4-26(7-9(27)13(21)22)14-8-6-23-12(18)10(20)11(8)24-15(19)25-14/h6,9,13H,4-5,7H2,1-3H3. The Morgan fingerprint density at radius 1 is 1.28 bits per heavy atom. The van der Waals surface area contributed by atoms with Crippen LogP contribution in [0.25, 0.3) is 10.9 Å². The molecule has 1 saturated heterocycles. The van der Waals surface area contributed by atoms with Crippen LogP contribution in [-0.2, 0) is 4.74 Å². The quantitative estimate of drug-likeness (QED) is 0.504. The number of amides is 1. The van der Waals surface area contributed by atoms with E-state index in [9.17, 15) is 18.0 Å². The van der Waals surface area contributed by atoms with E-state index in [0.29, 0.717) is 0 Å². The number of pyridine rings is 1. The number of ether oxygens (including phenoxy) is 1. The zero-order valence-corrected chi connectivity index (χ0v) is 17.3. The lowest BCUT2D eigenvalue weighted by Crippen LogP contribution is -2.59. The largest absolute Gasteiger partial charge is 0.444 e. The topological polar surface area (TPSA) is 71.5 Å². The van der Waals surface area contributed by atoms with Crippen LogP contribution in [0.3, 0.4) is 0 Å². The van der Waals surface area contributed by atoms with E-state index < -0.39 is 35.1 Å². The molecule has 1 aliphatic rings. The monoisotopic (exact) mass is 451 g/mol. The Labute approximate surface area is 174 Å². The van der Waals surface area contributed by atoms with Gasteiger partial charge in [0.15, 0.2) is 11.0 Å². The van der Waals surface area contributed by atoms with E-state index in [0.717, 1.165) is 4.90 Å². The van der Waals surface area contributed by atoms with Gasteiger partial charge in [-0.2, -0.15) is 4.98 Å². The number of anilines is 1. The molecule has 1 amide bonds. The van der Waals surface area contributed by atoms with Crippen LogP contribution in [0.4, 0.5) is 23.8 Å². The Bertz CT molecular complexity index is 941. The Hall–Kier alpha value is -2.07. The number of rotatable bonds is 2. The highest BCUT2D eigenvalue weighted by Gasteiger charge is 2.39. The minimum atomic E-state index is -2.84. The molecular weight excluding hydrogens is 434 g/mol. The van der Waals surface area contributed by atoms with Gasteiger partial charge in [0, 0.05) is 25.8 Å². The van der Waals surface area contributed by atoms with Crippen LogP contribution in [0.1, 0.15) is 20.8 Å². The second-order valence-electron chi connectivity index (χ2n) is 7.46. The summed E-state index contributed by atoms with van der Waals surface area (Å²) in [7, 11) is 0. The van der Waals surface area contributed by atoms with Crippen molar-refractivity contribution in [3.8, 4) is 0 Å².